The molecule has 1 aromatic rings. The van der Waals surface area contributed by atoms with E-state index in [4.69, 9.17) is 15.7 Å². The maximum atomic E-state index is 11.7. The third-order valence-corrected chi connectivity index (χ3v) is 3.79. The van der Waals surface area contributed by atoms with E-state index in [1.165, 1.54) is 11.3 Å². The lowest BCUT2D eigenvalue weighted by molar-refractivity contribution is 0.0993. The molecule has 0 atom stereocenters. The van der Waals surface area contributed by atoms with Crippen molar-refractivity contribution in [1.82, 2.24) is 0 Å². The van der Waals surface area contributed by atoms with E-state index >= 15 is 0 Å². The number of nitriles is 1. The molecule has 1 aromatic heterocycles. The van der Waals surface area contributed by atoms with Gasteiger partial charge in [-0.3, -0.25) is 4.79 Å². The summed E-state index contributed by atoms with van der Waals surface area (Å²) >= 11 is 1.26. The van der Waals surface area contributed by atoms with Crippen LogP contribution >= 0.6 is 11.3 Å². The molecule has 0 aliphatic heterocycles. The van der Waals surface area contributed by atoms with Gasteiger partial charge in [0.2, 0.25) is 0 Å². The maximum Gasteiger partial charge on any atom is 0.174 e. The molecular weight excluding hydrogens is 262 g/mol. The highest BCUT2D eigenvalue weighted by molar-refractivity contribution is 7.19. The Kier molecular flexibility index (Phi) is 6.33. The van der Waals surface area contributed by atoms with Crippen LogP contribution in [0, 0.1) is 11.3 Å². The van der Waals surface area contributed by atoms with Crippen LogP contribution in [0.2, 0.25) is 0 Å². The first-order valence-corrected chi connectivity index (χ1v) is 7.14. The number of carbonyl (C=O) groups is 1. The van der Waals surface area contributed by atoms with Gasteiger partial charge in [-0.25, -0.2) is 0 Å². The summed E-state index contributed by atoms with van der Waals surface area (Å²) in [5.41, 5.74) is 6.52. The van der Waals surface area contributed by atoms with Crippen LogP contribution in [0.1, 0.15) is 41.9 Å². The lowest BCUT2D eigenvalue weighted by Crippen LogP contribution is -2.05. The molecule has 3 N–H and O–H groups in total. The molecule has 0 aromatic carbocycles. The first-order chi connectivity index (χ1) is 9.15. The van der Waals surface area contributed by atoms with Gasteiger partial charge in [0.25, 0.3) is 0 Å². The zero-order valence-corrected chi connectivity index (χ0v) is 12.1. The third kappa shape index (κ3) is 3.94. The van der Waals surface area contributed by atoms with Crippen molar-refractivity contribution in [1.29, 1.82) is 5.26 Å². The standard InChI is InChI=1S/C13H19N3O2S/c1-3-10(17)12-11(15)9(8-14)13(19-12)16-6-5-7-18-4-2/h16H,3-7,15H2,1-2H3. The van der Waals surface area contributed by atoms with Gasteiger partial charge >= 0.3 is 0 Å². The Morgan fingerprint density at radius 2 is 2.26 bits per heavy atom. The van der Waals surface area contributed by atoms with Gasteiger partial charge in [-0.15, -0.1) is 11.3 Å². The van der Waals surface area contributed by atoms with Crippen LogP contribution in [0.15, 0.2) is 0 Å². The number of hydrogen-bond donors (Lipinski definition) is 2. The molecule has 0 saturated carbocycles. The quantitative estimate of drug-likeness (QED) is 0.565. The van der Waals surface area contributed by atoms with Crippen LogP contribution in [-0.2, 0) is 4.74 Å². The smallest absolute Gasteiger partial charge is 0.174 e. The molecule has 104 valence electrons. The van der Waals surface area contributed by atoms with Crippen LogP contribution < -0.4 is 11.1 Å². The highest BCUT2D eigenvalue weighted by Gasteiger charge is 2.19. The molecule has 0 aliphatic carbocycles. The van der Waals surface area contributed by atoms with E-state index in [1.54, 1.807) is 6.92 Å². The predicted molar refractivity (Wildman–Crippen MR) is 77.7 cm³/mol. The van der Waals surface area contributed by atoms with Gasteiger partial charge in [0.1, 0.15) is 16.6 Å². The highest BCUT2D eigenvalue weighted by Crippen LogP contribution is 2.35. The van der Waals surface area contributed by atoms with E-state index in [1.807, 2.05) is 6.92 Å². The largest absolute Gasteiger partial charge is 0.396 e. The molecule has 0 unspecified atom stereocenters. The van der Waals surface area contributed by atoms with Crippen molar-refractivity contribution in [3.63, 3.8) is 0 Å². The fourth-order valence-corrected chi connectivity index (χ4v) is 2.67. The van der Waals surface area contributed by atoms with E-state index in [0.717, 1.165) is 6.42 Å². The SMILES string of the molecule is CCOCCCNc1sc(C(=O)CC)c(N)c1C#N. The summed E-state index contributed by atoms with van der Waals surface area (Å²) in [6.07, 6.45) is 1.23. The number of nitrogens with one attached hydrogen (secondary N) is 1. The van der Waals surface area contributed by atoms with E-state index in [9.17, 15) is 4.79 Å². The van der Waals surface area contributed by atoms with Crippen LogP contribution in [0.4, 0.5) is 10.7 Å². The van der Waals surface area contributed by atoms with Crippen LogP contribution in [-0.4, -0.2) is 25.5 Å². The summed E-state index contributed by atoms with van der Waals surface area (Å²) in [7, 11) is 0. The van der Waals surface area contributed by atoms with Crippen LogP contribution in [0.25, 0.3) is 0 Å². The number of nitrogens with two attached hydrogens (primary N) is 1. The summed E-state index contributed by atoms with van der Waals surface area (Å²) in [5, 5.41) is 12.9. The summed E-state index contributed by atoms with van der Waals surface area (Å²) in [6.45, 7) is 5.79. The zero-order valence-electron chi connectivity index (χ0n) is 11.3. The molecule has 0 spiro atoms. The Bertz CT molecular complexity index is 477. The number of anilines is 2. The van der Waals surface area contributed by atoms with Crippen molar-refractivity contribution in [3.8, 4) is 6.07 Å². The third-order valence-electron chi connectivity index (χ3n) is 2.59. The number of nitrogens with zero attached hydrogens (tertiary/aromatic N) is 1. The number of Topliss-reactive ketones (excluding diaryl/α,β-unsaturated/α-hetero) is 1. The lowest BCUT2D eigenvalue weighted by atomic mass is 10.2. The fourth-order valence-electron chi connectivity index (χ4n) is 1.57. The Balaban J connectivity index is 2.73. The molecule has 0 saturated heterocycles. The van der Waals surface area contributed by atoms with Crippen molar-refractivity contribution in [2.75, 3.05) is 30.8 Å². The Hall–Kier alpha value is -1.58. The molecule has 0 bridgehead atoms. The summed E-state index contributed by atoms with van der Waals surface area (Å²) < 4.78 is 5.23. The molecule has 6 heteroatoms. The van der Waals surface area contributed by atoms with Crippen molar-refractivity contribution >= 4 is 27.8 Å². The van der Waals surface area contributed by atoms with Gasteiger partial charge in [-0.2, -0.15) is 5.26 Å². The fraction of sp³-hybridized carbons (Fsp3) is 0.538. The minimum absolute atomic E-state index is 0.0265. The average Bonchev–Trinajstić information content (AvgIpc) is 2.74. The van der Waals surface area contributed by atoms with Gasteiger partial charge in [0.15, 0.2) is 5.78 Å². The van der Waals surface area contributed by atoms with E-state index in [-0.39, 0.29) is 5.78 Å². The second kappa shape index (κ2) is 7.77. The second-order valence-electron chi connectivity index (χ2n) is 3.91. The summed E-state index contributed by atoms with van der Waals surface area (Å²) in [6, 6.07) is 2.05. The predicted octanol–water partition coefficient (Wildman–Crippen LogP) is 2.63. The van der Waals surface area contributed by atoms with Gasteiger partial charge in [-0.05, 0) is 13.3 Å². The lowest BCUT2D eigenvalue weighted by Gasteiger charge is -2.04. The van der Waals surface area contributed by atoms with Crippen LogP contribution in [0.3, 0.4) is 0 Å². The van der Waals surface area contributed by atoms with E-state index < -0.39 is 0 Å². The Morgan fingerprint density at radius 1 is 1.53 bits per heavy atom. The monoisotopic (exact) mass is 281 g/mol. The molecule has 0 fully saturated rings. The number of ether oxygens (including phenoxy) is 1. The average molecular weight is 281 g/mol. The minimum Gasteiger partial charge on any atom is -0.396 e. The molecule has 5 nitrogen and oxygen atoms in total. The number of ketones is 1. The zero-order chi connectivity index (χ0) is 14.3. The molecule has 0 radical (unpaired) electrons. The van der Waals surface area contributed by atoms with Gasteiger partial charge in [0, 0.05) is 26.2 Å². The molecule has 0 aliphatic rings. The first-order valence-electron chi connectivity index (χ1n) is 6.32. The Labute approximate surface area is 117 Å². The second-order valence-corrected chi connectivity index (χ2v) is 4.94. The normalized spacial score (nSPS) is 10.2. The molecule has 1 rings (SSSR count). The van der Waals surface area contributed by atoms with Crippen molar-refractivity contribution < 1.29 is 9.53 Å². The molecular formula is C13H19N3O2S. The Morgan fingerprint density at radius 3 is 2.84 bits per heavy atom. The van der Waals surface area contributed by atoms with Crippen molar-refractivity contribution in [3.05, 3.63) is 10.4 Å². The molecule has 0 amide bonds. The van der Waals surface area contributed by atoms with Gasteiger partial charge < -0.3 is 15.8 Å². The highest BCUT2D eigenvalue weighted by atomic mass is 32.1. The number of carbonyl (C=O) groups excluding carboxylic acids is 1. The first kappa shape index (κ1) is 15.5. The van der Waals surface area contributed by atoms with Crippen LogP contribution in [0.5, 0.6) is 0 Å². The van der Waals surface area contributed by atoms with Crippen molar-refractivity contribution in [2.24, 2.45) is 0 Å². The van der Waals surface area contributed by atoms with E-state index in [0.29, 0.717) is 47.3 Å². The van der Waals surface area contributed by atoms with Gasteiger partial charge in [-0.1, -0.05) is 6.92 Å². The summed E-state index contributed by atoms with van der Waals surface area (Å²) in [4.78, 5) is 12.2. The van der Waals surface area contributed by atoms with Gasteiger partial charge in [0.05, 0.1) is 10.6 Å². The van der Waals surface area contributed by atoms with Crippen molar-refractivity contribution in [2.45, 2.75) is 26.7 Å². The number of nitrogen functional groups attached to an aromatic ring is 1. The number of hydrogen-bond acceptors (Lipinski definition) is 6. The van der Waals surface area contributed by atoms with E-state index in [2.05, 4.69) is 11.4 Å². The molecule has 1 heterocycles. The number of rotatable bonds is 8. The number of thiophene rings is 1. The topological polar surface area (TPSA) is 88.1 Å². The maximum absolute atomic E-state index is 11.7. The minimum atomic E-state index is -0.0265. The summed E-state index contributed by atoms with van der Waals surface area (Å²) in [5.74, 6) is -0.0265. The molecule has 19 heavy (non-hydrogen) atoms.